The van der Waals surface area contributed by atoms with Gasteiger partial charge in [0.05, 0.1) is 10.6 Å². The summed E-state index contributed by atoms with van der Waals surface area (Å²) in [7, 11) is -4.15. The number of aryl methyl sites for hydroxylation is 2. The topological polar surface area (TPSA) is 86.8 Å². The fourth-order valence-electron chi connectivity index (χ4n) is 4.85. The number of carbonyl (C=O) groups is 2. The lowest BCUT2D eigenvalue weighted by molar-refractivity contribution is -0.140. The van der Waals surface area contributed by atoms with Crippen LogP contribution < -0.4 is 9.62 Å². The molecule has 0 aliphatic heterocycles. The van der Waals surface area contributed by atoms with E-state index < -0.39 is 28.5 Å². The van der Waals surface area contributed by atoms with E-state index in [4.69, 9.17) is 11.6 Å². The molecule has 230 valence electrons. The minimum Gasteiger partial charge on any atom is -0.352 e. The first-order chi connectivity index (χ1) is 21.0. The highest BCUT2D eigenvalue weighted by Gasteiger charge is 2.34. The average Bonchev–Trinajstić information content (AvgIpc) is 3.00. The van der Waals surface area contributed by atoms with E-state index in [-0.39, 0.29) is 29.8 Å². The van der Waals surface area contributed by atoms with Crippen molar-refractivity contribution >= 4 is 39.1 Å². The molecule has 1 N–H and O–H groups in total. The van der Waals surface area contributed by atoms with Gasteiger partial charge in [0.2, 0.25) is 11.8 Å². The summed E-state index contributed by atoms with van der Waals surface area (Å²) in [6.45, 7) is 7.12. The Kier molecular flexibility index (Phi) is 10.8. The molecule has 0 heterocycles. The summed E-state index contributed by atoms with van der Waals surface area (Å²) in [4.78, 5) is 29.7. The zero-order valence-corrected chi connectivity index (χ0v) is 27.0. The van der Waals surface area contributed by atoms with Gasteiger partial charge in [0.25, 0.3) is 10.0 Å². The van der Waals surface area contributed by atoms with E-state index in [9.17, 15) is 18.0 Å². The highest BCUT2D eigenvalue weighted by Crippen LogP contribution is 2.27. The number of nitrogens with zero attached hydrogens (tertiary/aromatic N) is 2. The lowest BCUT2D eigenvalue weighted by Gasteiger charge is -2.34. The van der Waals surface area contributed by atoms with Gasteiger partial charge >= 0.3 is 0 Å². The third-order valence-corrected chi connectivity index (χ3v) is 9.40. The van der Waals surface area contributed by atoms with E-state index in [0.717, 1.165) is 26.6 Å². The Bertz CT molecular complexity index is 1680. The van der Waals surface area contributed by atoms with Gasteiger partial charge in [-0.25, -0.2) is 8.42 Å². The molecule has 0 saturated heterocycles. The van der Waals surface area contributed by atoms with Gasteiger partial charge in [-0.1, -0.05) is 78.3 Å². The van der Waals surface area contributed by atoms with Gasteiger partial charge in [0.1, 0.15) is 12.6 Å². The number of anilines is 1. The minimum absolute atomic E-state index is 0.0636. The first-order valence-corrected chi connectivity index (χ1v) is 16.3. The second-order valence-electron chi connectivity index (χ2n) is 11.1. The summed E-state index contributed by atoms with van der Waals surface area (Å²) in [5.74, 6) is -0.840. The molecule has 0 aliphatic rings. The largest absolute Gasteiger partial charge is 0.352 e. The maximum atomic E-state index is 14.5. The third kappa shape index (κ3) is 8.27. The Morgan fingerprint density at radius 1 is 0.795 bits per heavy atom. The van der Waals surface area contributed by atoms with Gasteiger partial charge in [0.15, 0.2) is 0 Å². The third-order valence-electron chi connectivity index (χ3n) is 7.36. The second-order valence-corrected chi connectivity index (χ2v) is 13.4. The van der Waals surface area contributed by atoms with E-state index in [0.29, 0.717) is 10.7 Å². The first kappa shape index (κ1) is 32.8. The predicted octanol–water partition coefficient (Wildman–Crippen LogP) is 6.32. The van der Waals surface area contributed by atoms with Gasteiger partial charge in [-0.15, -0.1) is 0 Å². The number of amides is 2. The molecule has 7 nitrogen and oxygen atoms in total. The Morgan fingerprint density at radius 3 is 2.00 bits per heavy atom. The van der Waals surface area contributed by atoms with Gasteiger partial charge in [0, 0.05) is 24.0 Å². The monoisotopic (exact) mass is 631 g/mol. The molecule has 4 aromatic rings. The molecular weight excluding hydrogens is 594 g/mol. The molecule has 9 heteroatoms. The molecule has 0 aliphatic carbocycles. The first-order valence-electron chi connectivity index (χ1n) is 14.5. The van der Waals surface area contributed by atoms with Gasteiger partial charge < -0.3 is 10.2 Å². The molecule has 0 fully saturated rings. The normalized spacial score (nSPS) is 12.0. The van der Waals surface area contributed by atoms with Crippen LogP contribution in [0.4, 0.5) is 5.69 Å². The van der Waals surface area contributed by atoms with Crippen LogP contribution in [0.15, 0.2) is 108 Å². The van der Waals surface area contributed by atoms with Crippen molar-refractivity contribution in [3.63, 3.8) is 0 Å². The van der Waals surface area contributed by atoms with Crippen LogP contribution in [-0.2, 0) is 32.6 Å². The molecule has 2 amide bonds. The number of nitrogens with one attached hydrogen (secondary N) is 1. The van der Waals surface area contributed by atoms with Crippen molar-refractivity contribution in [2.24, 2.45) is 0 Å². The van der Waals surface area contributed by atoms with Crippen LogP contribution >= 0.6 is 11.6 Å². The van der Waals surface area contributed by atoms with E-state index in [1.165, 1.54) is 17.0 Å². The van der Waals surface area contributed by atoms with Gasteiger partial charge in [-0.3, -0.25) is 13.9 Å². The van der Waals surface area contributed by atoms with E-state index in [1.807, 2.05) is 64.1 Å². The second kappa shape index (κ2) is 14.6. The van der Waals surface area contributed by atoms with Gasteiger partial charge in [-0.2, -0.15) is 0 Å². The number of hydrogen-bond acceptors (Lipinski definition) is 4. The molecule has 0 aromatic heterocycles. The van der Waals surface area contributed by atoms with E-state index in [2.05, 4.69) is 5.32 Å². The summed E-state index contributed by atoms with van der Waals surface area (Å²) in [5, 5.41) is 3.50. The smallest absolute Gasteiger partial charge is 0.264 e. The molecule has 0 spiro atoms. The summed E-state index contributed by atoms with van der Waals surface area (Å²) in [6.07, 6.45) is 0.244. The highest BCUT2D eigenvalue weighted by atomic mass is 35.5. The van der Waals surface area contributed by atoms with Crippen molar-refractivity contribution in [1.82, 2.24) is 10.2 Å². The number of halogens is 1. The van der Waals surface area contributed by atoms with Crippen molar-refractivity contribution in [3.05, 3.63) is 130 Å². The zero-order valence-electron chi connectivity index (χ0n) is 25.4. The van der Waals surface area contributed by atoms with Crippen molar-refractivity contribution in [2.75, 3.05) is 10.8 Å². The highest BCUT2D eigenvalue weighted by molar-refractivity contribution is 7.92. The zero-order chi connectivity index (χ0) is 31.9. The maximum absolute atomic E-state index is 14.5. The van der Waals surface area contributed by atoms with Crippen LogP contribution in [0.25, 0.3) is 0 Å². The summed E-state index contributed by atoms with van der Waals surface area (Å²) >= 11 is 6.14. The van der Waals surface area contributed by atoms with Crippen molar-refractivity contribution in [2.45, 2.75) is 57.6 Å². The molecule has 0 radical (unpaired) electrons. The Hall–Kier alpha value is -4.14. The van der Waals surface area contributed by atoms with Crippen molar-refractivity contribution in [3.8, 4) is 0 Å². The van der Waals surface area contributed by atoms with Crippen LogP contribution in [0.1, 0.15) is 36.1 Å². The van der Waals surface area contributed by atoms with Gasteiger partial charge in [-0.05, 0) is 86.3 Å². The Balaban J connectivity index is 1.81. The lowest BCUT2D eigenvalue weighted by Crippen LogP contribution is -2.54. The maximum Gasteiger partial charge on any atom is 0.264 e. The molecule has 0 bridgehead atoms. The number of sulfonamides is 1. The molecule has 44 heavy (non-hydrogen) atoms. The van der Waals surface area contributed by atoms with Crippen LogP contribution in [0.5, 0.6) is 0 Å². The fourth-order valence-corrected chi connectivity index (χ4v) is 6.40. The predicted molar refractivity (Wildman–Crippen MR) is 176 cm³/mol. The van der Waals surface area contributed by atoms with Crippen LogP contribution in [0.3, 0.4) is 0 Å². The standard InChI is InChI=1S/C35H38ClN3O4S/c1-25(2)37-35(41)33(22-28-11-7-5-8-12-28)38(23-29-16-18-30(36)19-17-29)34(40)24-39(31-20-15-26(3)27(4)21-31)44(42,43)32-13-9-6-10-14-32/h5-21,25,33H,22-24H2,1-4H3,(H,37,41)/t33-/m0/s1. The fraction of sp³-hybridized carbons (Fsp3) is 0.257. The van der Waals surface area contributed by atoms with Crippen LogP contribution in [0.2, 0.25) is 5.02 Å². The Morgan fingerprint density at radius 2 is 1.41 bits per heavy atom. The molecule has 4 aromatic carbocycles. The Labute approximate surface area is 265 Å². The summed E-state index contributed by atoms with van der Waals surface area (Å²) < 4.78 is 29.3. The number of benzene rings is 4. The summed E-state index contributed by atoms with van der Waals surface area (Å²) in [6, 6.07) is 28.8. The van der Waals surface area contributed by atoms with Crippen molar-refractivity contribution < 1.29 is 18.0 Å². The molecule has 0 unspecified atom stereocenters. The average molecular weight is 632 g/mol. The SMILES string of the molecule is Cc1ccc(N(CC(=O)N(Cc2ccc(Cl)cc2)[C@@H](Cc2ccccc2)C(=O)NC(C)C)S(=O)(=O)c2ccccc2)cc1C. The minimum atomic E-state index is -4.15. The lowest BCUT2D eigenvalue weighted by atomic mass is 10.0. The molecule has 4 rings (SSSR count). The quantitative estimate of drug-likeness (QED) is 0.198. The van der Waals surface area contributed by atoms with E-state index >= 15 is 0 Å². The molecular formula is C35H38ClN3O4S. The van der Waals surface area contributed by atoms with E-state index in [1.54, 1.807) is 54.6 Å². The molecule has 1 atom stereocenters. The number of carbonyl (C=O) groups excluding carboxylic acids is 2. The van der Waals surface area contributed by atoms with Crippen molar-refractivity contribution in [1.29, 1.82) is 0 Å². The van der Waals surface area contributed by atoms with Crippen LogP contribution in [0, 0.1) is 13.8 Å². The number of hydrogen-bond donors (Lipinski definition) is 1. The molecule has 0 saturated carbocycles. The number of rotatable bonds is 12. The summed E-state index contributed by atoms with van der Waals surface area (Å²) in [5.41, 5.74) is 3.87. The van der Waals surface area contributed by atoms with Crippen LogP contribution in [-0.4, -0.2) is 43.8 Å².